The molecule has 2 rings (SSSR count). The van der Waals surface area contributed by atoms with Gasteiger partial charge in [0.25, 0.3) is 5.69 Å². The van der Waals surface area contributed by atoms with Crippen LogP contribution in [0.3, 0.4) is 0 Å². The van der Waals surface area contributed by atoms with Crippen LogP contribution >= 0.6 is 24.0 Å². The number of nitrogens with zero attached hydrogens (tertiary/aromatic N) is 2. The molecule has 0 aromatic heterocycles. The molecule has 1 N–H and O–H groups in total. The van der Waals surface area contributed by atoms with Crippen molar-refractivity contribution in [3.63, 3.8) is 0 Å². The molecule has 1 aromatic carbocycles. The summed E-state index contributed by atoms with van der Waals surface area (Å²) in [5.74, 6) is 0. The van der Waals surface area contributed by atoms with Gasteiger partial charge in [-0.1, -0.05) is 17.7 Å². The summed E-state index contributed by atoms with van der Waals surface area (Å²) in [6, 6.07) is 5.00. The fourth-order valence-corrected chi connectivity index (χ4v) is 2.11. The van der Waals surface area contributed by atoms with Gasteiger partial charge in [0.2, 0.25) is 0 Å². The summed E-state index contributed by atoms with van der Waals surface area (Å²) in [6.07, 6.45) is 0. The van der Waals surface area contributed by atoms with Crippen LogP contribution < -0.4 is 5.32 Å². The summed E-state index contributed by atoms with van der Waals surface area (Å²) in [5.41, 5.74) is 0.919. The Morgan fingerprint density at radius 2 is 2.06 bits per heavy atom. The highest BCUT2D eigenvalue weighted by atomic mass is 35.5. The number of hydrogen-bond donors (Lipinski definition) is 1. The Hall–Kier alpha value is -0.880. The highest BCUT2D eigenvalue weighted by Crippen LogP contribution is 2.25. The second-order valence-electron chi connectivity index (χ2n) is 4.07. The van der Waals surface area contributed by atoms with Crippen molar-refractivity contribution in [2.45, 2.75) is 6.54 Å². The van der Waals surface area contributed by atoms with E-state index in [1.807, 2.05) is 6.07 Å². The smallest absolute Gasteiger partial charge is 0.288 e. The third-order valence-electron chi connectivity index (χ3n) is 2.82. The molecule has 1 aliphatic rings. The topological polar surface area (TPSA) is 58.4 Å². The molecule has 0 radical (unpaired) electrons. The van der Waals surface area contributed by atoms with E-state index in [0.29, 0.717) is 0 Å². The summed E-state index contributed by atoms with van der Waals surface area (Å²) in [6.45, 7) is 4.61. The Kier molecular flexibility index (Phi) is 5.81. The molecule has 18 heavy (non-hydrogen) atoms. The highest BCUT2D eigenvalue weighted by molar-refractivity contribution is 6.32. The molecule has 0 spiro atoms. The first-order valence-corrected chi connectivity index (χ1v) is 5.90. The standard InChI is InChI=1S/C11H14ClN3O2.ClH/c12-10-2-1-9(7-11(10)15(16)17)8-14-5-3-13-4-6-14;/h1-2,7,13H,3-6,8H2;1H. The minimum atomic E-state index is -0.441. The van der Waals surface area contributed by atoms with Gasteiger partial charge in [0.1, 0.15) is 5.02 Å². The lowest BCUT2D eigenvalue weighted by Crippen LogP contribution is -2.42. The molecule has 0 unspecified atom stereocenters. The molecule has 1 aliphatic heterocycles. The molecule has 7 heteroatoms. The first-order chi connectivity index (χ1) is 8.16. The zero-order chi connectivity index (χ0) is 12.3. The molecule has 0 aliphatic carbocycles. The number of nitrogens with one attached hydrogen (secondary N) is 1. The minimum Gasteiger partial charge on any atom is -0.314 e. The quantitative estimate of drug-likeness (QED) is 0.684. The van der Waals surface area contributed by atoms with E-state index in [0.717, 1.165) is 38.3 Å². The van der Waals surface area contributed by atoms with Crippen molar-refractivity contribution >= 4 is 29.7 Å². The van der Waals surface area contributed by atoms with Gasteiger partial charge in [0.05, 0.1) is 4.92 Å². The Bertz CT molecular complexity index is 423. The summed E-state index contributed by atoms with van der Waals surface area (Å²) >= 11 is 5.77. The maximum Gasteiger partial charge on any atom is 0.288 e. The molecule has 1 aromatic rings. The zero-order valence-electron chi connectivity index (χ0n) is 9.76. The van der Waals surface area contributed by atoms with Crippen LogP contribution in [0.1, 0.15) is 5.56 Å². The van der Waals surface area contributed by atoms with Gasteiger partial charge in [0, 0.05) is 38.8 Å². The predicted octanol–water partition coefficient (Wildman–Crippen LogP) is 2.08. The average Bonchev–Trinajstić information content (AvgIpc) is 2.32. The largest absolute Gasteiger partial charge is 0.314 e. The summed E-state index contributed by atoms with van der Waals surface area (Å²) in [7, 11) is 0. The molecule has 0 atom stereocenters. The molecule has 1 heterocycles. The second-order valence-corrected chi connectivity index (χ2v) is 4.48. The van der Waals surface area contributed by atoms with Crippen LogP contribution in [0.15, 0.2) is 18.2 Å². The highest BCUT2D eigenvalue weighted by Gasteiger charge is 2.15. The lowest BCUT2D eigenvalue weighted by atomic mass is 10.2. The molecule has 1 saturated heterocycles. The molecular weight excluding hydrogens is 277 g/mol. The lowest BCUT2D eigenvalue weighted by molar-refractivity contribution is -0.384. The van der Waals surface area contributed by atoms with E-state index in [9.17, 15) is 10.1 Å². The third-order valence-corrected chi connectivity index (χ3v) is 3.14. The van der Waals surface area contributed by atoms with Crippen LogP contribution in [-0.4, -0.2) is 36.0 Å². The number of nitro groups is 1. The van der Waals surface area contributed by atoms with Gasteiger partial charge in [-0.3, -0.25) is 15.0 Å². The van der Waals surface area contributed by atoms with E-state index in [-0.39, 0.29) is 23.1 Å². The Morgan fingerprint density at radius 1 is 1.39 bits per heavy atom. The summed E-state index contributed by atoms with van der Waals surface area (Å²) in [5, 5.41) is 14.2. The number of piperazine rings is 1. The van der Waals surface area contributed by atoms with Gasteiger partial charge in [-0.05, 0) is 11.6 Å². The number of halogens is 2. The summed E-state index contributed by atoms with van der Waals surface area (Å²) < 4.78 is 0. The van der Waals surface area contributed by atoms with E-state index in [1.54, 1.807) is 12.1 Å². The fourth-order valence-electron chi connectivity index (χ4n) is 1.92. The van der Waals surface area contributed by atoms with Gasteiger partial charge in [-0.15, -0.1) is 12.4 Å². The minimum absolute atomic E-state index is 0. The van der Waals surface area contributed by atoms with Gasteiger partial charge < -0.3 is 5.32 Å². The monoisotopic (exact) mass is 291 g/mol. The number of hydrogen-bond acceptors (Lipinski definition) is 4. The second kappa shape index (κ2) is 6.89. The summed E-state index contributed by atoms with van der Waals surface area (Å²) in [4.78, 5) is 12.6. The third kappa shape index (κ3) is 3.81. The van der Waals surface area contributed by atoms with Crippen molar-refractivity contribution in [3.05, 3.63) is 38.9 Å². The van der Waals surface area contributed by atoms with E-state index < -0.39 is 4.92 Å². The van der Waals surface area contributed by atoms with Crippen molar-refractivity contribution in [2.75, 3.05) is 26.2 Å². The van der Waals surface area contributed by atoms with E-state index in [2.05, 4.69) is 10.2 Å². The molecule has 5 nitrogen and oxygen atoms in total. The van der Waals surface area contributed by atoms with Gasteiger partial charge in [0.15, 0.2) is 0 Å². The van der Waals surface area contributed by atoms with Crippen LogP contribution in [0.25, 0.3) is 0 Å². The Morgan fingerprint density at radius 3 is 2.67 bits per heavy atom. The predicted molar refractivity (Wildman–Crippen MR) is 73.5 cm³/mol. The number of benzene rings is 1. The van der Waals surface area contributed by atoms with Crippen LogP contribution in [0.4, 0.5) is 5.69 Å². The SMILES string of the molecule is Cl.O=[N+]([O-])c1cc(CN2CCNCC2)ccc1Cl. The van der Waals surface area contributed by atoms with E-state index >= 15 is 0 Å². The van der Waals surface area contributed by atoms with Crippen LogP contribution in [-0.2, 0) is 6.54 Å². The maximum atomic E-state index is 10.8. The molecule has 0 amide bonds. The number of nitro benzene ring substituents is 1. The molecule has 100 valence electrons. The first-order valence-electron chi connectivity index (χ1n) is 5.53. The van der Waals surface area contributed by atoms with Crippen LogP contribution in [0.2, 0.25) is 5.02 Å². The Labute approximate surface area is 117 Å². The van der Waals surface area contributed by atoms with Gasteiger partial charge in [-0.2, -0.15) is 0 Å². The fraction of sp³-hybridized carbons (Fsp3) is 0.455. The van der Waals surface area contributed by atoms with Crippen LogP contribution in [0, 0.1) is 10.1 Å². The average molecular weight is 292 g/mol. The Balaban J connectivity index is 0.00000162. The number of rotatable bonds is 3. The molecule has 1 fully saturated rings. The van der Waals surface area contributed by atoms with E-state index in [1.165, 1.54) is 0 Å². The van der Waals surface area contributed by atoms with Crippen molar-refractivity contribution in [2.24, 2.45) is 0 Å². The molecule has 0 saturated carbocycles. The van der Waals surface area contributed by atoms with Crippen molar-refractivity contribution in [3.8, 4) is 0 Å². The molecule has 0 bridgehead atoms. The van der Waals surface area contributed by atoms with Crippen molar-refractivity contribution < 1.29 is 4.92 Å². The van der Waals surface area contributed by atoms with Gasteiger partial charge in [-0.25, -0.2) is 0 Å². The zero-order valence-corrected chi connectivity index (χ0v) is 11.3. The first kappa shape index (κ1) is 15.2. The molecular formula is C11H15Cl2N3O2. The normalized spacial score (nSPS) is 16.1. The van der Waals surface area contributed by atoms with E-state index in [4.69, 9.17) is 11.6 Å². The lowest BCUT2D eigenvalue weighted by Gasteiger charge is -2.27. The van der Waals surface area contributed by atoms with Crippen molar-refractivity contribution in [1.29, 1.82) is 0 Å². The maximum absolute atomic E-state index is 10.8. The van der Waals surface area contributed by atoms with Crippen LogP contribution in [0.5, 0.6) is 0 Å². The van der Waals surface area contributed by atoms with Crippen molar-refractivity contribution in [1.82, 2.24) is 10.2 Å². The van der Waals surface area contributed by atoms with Gasteiger partial charge >= 0.3 is 0 Å².